The highest BCUT2D eigenvalue weighted by Gasteiger charge is 2.33. The molecule has 2 heterocycles. The summed E-state index contributed by atoms with van der Waals surface area (Å²) in [4.78, 5) is 25.2. The Morgan fingerprint density at radius 3 is 2.62 bits per heavy atom. The van der Waals surface area contributed by atoms with Crippen LogP contribution in [0.25, 0.3) is 0 Å². The van der Waals surface area contributed by atoms with E-state index in [-0.39, 0.29) is 23.4 Å². The van der Waals surface area contributed by atoms with E-state index >= 15 is 0 Å². The van der Waals surface area contributed by atoms with Crippen LogP contribution in [0.2, 0.25) is 0 Å². The molecule has 4 rings (SSSR count). The van der Waals surface area contributed by atoms with Gasteiger partial charge in [0, 0.05) is 13.0 Å². The summed E-state index contributed by atoms with van der Waals surface area (Å²) in [5.41, 5.74) is 2.59. The summed E-state index contributed by atoms with van der Waals surface area (Å²) in [6.45, 7) is 2.54. The predicted octanol–water partition coefficient (Wildman–Crippen LogP) is 3.46. The van der Waals surface area contributed by atoms with Gasteiger partial charge in [0.05, 0.1) is 24.6 Å². The number of hydrogen-bond acceptors (Lipinski definition) is 6. The van der Waals surface area contributed by atoms with Gasteiger partial charge in [0.2, 0.25) is 0 Å². The lowest BCUT2D eigenvalue weighted by atomic mass is 9.98. The first-order valence-electron chi connectivity index (χ1n) is 10.5. The maximum atomic E-state index is 13.2. The van der Waals surface area contributed by atoms with Gasteiger partial charge in [-0.2, -0.15) is 5.10 Å². The van der Waals surface area contributed by atoms with Crippen molar-refractivity contribution in [3.8, 4) is 5.75 Å². The molecule has 1 amide bonds. The number of H-pyrrole nitrogens is 1. The summed E-state index contributed by atoms with van der Waals surface area (Å²) in [6.07, 6.45) is 1.42. The van der Waals surface area contributed by atoms with Crippen LogP contribution in [0.4, 0.5) is 0 Å². The molecule has 1 aliphatic rings. The number of hydrogen-bond donors (Lipinski definition) is 1. The monoisotopic (exact) mass is 451 g/mol. The number of hydrazone groups is 1. The Labute approximate surface area is 190 Å². The molecule has 0 bridgehead atoms. The van der Waals surface area contributed by atoms with Crippen LogP contribution in [0.15, 0.2) is 69.6 Å². The molecule has 1 aromatic heterocycles. The first kappa shape index (κ1) is 21.9. The Bertz CT molecular complexity index is 1150. The van der Waals surface area contributed by atoms with Crippen LogP contribution in [-0.2, 0) is 11.3 Å². The number of ether oxygens (including phenoxy) is 1. The van der Waals surface area contributed by atoms with E-state index in [2.05, 4.69) is 10.2 Å². The molecule has 1 aliphatic heterocycles. The Morgan fingerprint density at radius 2 is 1.94 bits per heavy atom. The van der Waals surface area contributed by atoms with Gasteiger partial charge in [-0.1, -0.05) is 61.2 Å². The second kappa shape index (κ2) is 9.86. The highest BCUT2D eigenvalue weighted by atomic mass is 32.2. The maximum Gasteiger partial charge on any atom is 0.343 e. The van der Waals surface area contributed by atoms with Crippen LogP contribution in [-0.4, -0.2) is 44.3 Å². The van der Waals surface area contributed by atoms with Gasteiger partial charge in [0.25, 0.3) is 5.91 Å². The Kier molecular flexibility index (Phi) is 6.75. The summed E-state index contributed by atoms with van der Waals surface area (Å²) in [6, 6.07) is 17.4. The standard InChI is InChI=1S/C23H25N5O3S/c1-3-13-27-22(30)24-25-23(27)32-15-21(29)28-20(17-9-11-18(31-2)12-10-17)14-19(26-28)16-7-5-4-6-8-16/h4-12,20H,3,13-15H2,1-2H3,(H,24,30). The van der Waals surface area contributed by atoms with Gasteiger partial charge in [-0.25, -0.2) is 14.9 Å². The number of nitrogens with zero attached hydrogens (tertiary/aromatic N) is 4. The van der Waals surface area contributed by atoms with Crippen molar-refractivity contribution in [1.29, 1.82) is 0 Å². The molecule has 0 radical (unpaired) electrons. The highest BCUT2D eigenvalue weighted by molar-refractivity contribution is 7.99. The smallest absolute Gasteiger partial charge is 0.343 e. The van der Waals surface area contributed by atoms with Crippen molar-refractivity contribution < 1.29 is 9.53 Å². The maximum absolute atomic E-state index is 13.2. The van der Waals surface area contributed by atoms with Crippen LogP contribution < -0.4 is 10.4 Å². The van der Waals surface area contributed by atoms with Crippen molar-refractivity contribution in [3.05, 3.63) is 76.2 Å². The molecular formula is C23H25N5O3S. The topological polar surface area (TPSA) is 92.6 Å². The first-order chi connectivity index (χ1) is 15.6. The molecule has 32 heavy (non-hydrogen) atoms. The Hall–Kier alpha value is -3.33. The summed E-state index contributed by atoms with van der Waals surface area (Å²) in [7, 11) is 1.63. The molecule has 0 spiro atoms. The van der Waals surface area contributed by atoms with Gasteiger partial charge < -0.3 is 4.74 Å². The van der Waals surface area contributed by atoms with E-state index in [4.69, 9.17) is 9.84 Å². The first-order valence-corrected chi connectivity index (χ1v) is 11.5. The summed E-state index contributed by atoms with van der Waals surface area (Å²) in [5.74, 6) is 0.753. The van der Waals surface area contributed by atoms with Crippen LogP contribution in [0.5, 0.6) is 5.75 Å². The zero-order valence-electron chi connectivity index (χ0n) is 18.0. The van der Waals surface area contributed by atoms with E-state index in [1.54, 1.807) is 16.7 Å². The number of carbonyl (C=O) groups excluding carboxylic acids is 1. The number of carbonyl (C=O) groups is 1. The zero-order chi connectivity index (χ0) is 22.5. The van der Waals surface area contributed by atoms with E-state index in [9.17, 15) is 9.59 Å². The summed E-state index contributed by atoms with van der Waals surface area (Å²) < 4.78 is 6.82. The lowest BCUT2D eigenvalue weighted by Gasteiger charge is -2.22. The minimum absolute atomic E-state index is 0.131. The van der Waals surface area contributed by atoms with E-state index < -0.39 is 0 Å². The minimum atomic E-state index is -0.261. The summed E-state index contributed by atoms with van der Waals surface area (Å²) in [5, 5.41) is 13.3. The quantitative estimate of drug-likeness (QED) is 0.530. The lowest BCUT2D eigenvalue weighted by molar-refractivity contribution is -0.130. The fourth-order valence-corrected chi connectivity index (χ4v) is 4.48. The van der Waals surface area contributed by atoms with Gasteiger partial charge in [-0.15, -0.1) is 5.10 Å². The average molecular weight is 452 g/mol. The fraction of sp³-hybridized carbons (Fsp3) is 0.304. The van der Waals surface area contributed by atoms with Gasteiger partial charge in [-0.05, 0) is 29.7 Å². The van der Waals surface area contributed by atoms with E-state index in [0.717, 1.165) is 29.0 Å². The fourth-order valence-electron chi connectivity index (χ4n) is 3.66. The van der Waals surface area contributed by atoms with Gasteiger partial charge in [-0.3, -0.25) is 9.36 Å². The Balaban J connectivity index is 1.57. The van der Waals surface area contributed by atoms with E-state index in [0.29, 0.717) is 18.1 Å². The van der Waals surface area contributed by atoms with Gasteiger partial charge in [0.15, 0.2) is 5.16 Å². The highest BCUT2D eigenvalue weighted by Crippen LogP contribution is 2.34. The number of aromatic amines is 1. The second-order valence-corrected chi connectivity index (χ2v) is 8.34. The molecule has 1 N–H and O–H groups in total. The SMILES string of the molecule is CCCn1c(SCC(=O)N2N=C(c3ccccc3)CC2c2ccc(OC)cc2)n[nH]c1=O. The largest absolute Gasteiger partial charge is 0.497 e. The van der Waals surface area contributed by atoms with Crippen LogP contribution in [0, 0.1) is 0 Å². The zero-order valence-corrected chi connectivity index (χ0v) is 18.8. The van der Waals surface area contributed by atoms with E-state index in [1.807, 2.05) is 61.5 Å². The molecule has 0 aliphatic carbocycles. The molecule has 2 aromatic carbocycles. The number of aromatic nitrogens is 3. The van der Waals surface area contributed by atoms with Crippen molar-refractivity contribution >= 4 is 23.4 Å². The third-order valence-corrected chi connectivity index (χ3v) is 6.23. The third-order valence-electron chi connectivity index (χ3n) is 5.27. The van der Waals surface area contributed by atoms with Crippen molar-refractivity contribution in [3.63, 3.8) is 0 Å². The number of benzene rings is 2. The number of rotatable bonds is 8. The van der Waals surface area contributed by atoms with Crippen LogP contribution in [0.1, 0.15) is 36.9 Å². The van der Waals surface area contributed by atoms with Gasteiger partial charge >= 0.3 is 5.69 Å². The molecule has 0 saturated heterocycles. The van der Waals surface area contributed by atoms with Crippen molar-refractivity contribution in [2.24, 2.45) is 5.10 Å². The molecule has 166 valence electrons. The molecule has 3 aromatic rings. The number of methoxy groups -OCH3 is 1. The normalized spacial score (nSPS) is 15.6. The second-order valence-electron chi connectivity index (χ2n) is 7.40. The van der Waals surface area contributed by atoms with Gasteiger partial charge in [0.1, 0.15) is 5.75 Å². The third kappa shape index (κ3) is 4.62. The molecule has 8 nitrogen and oxygen atoms in total. The van der Waals surface area contributed by atoms with E-state index in [1.165, 1.54) is 11.8 Å². The predicted molar refractivity (Wildman–Crippen MR) is 124 cm³/mol. The Morgan fingerprint density at radius 1 is 1.19 bits per heavy atom. The molecule has 1 atom stereocenters. The van der Waals surface area contributed by atoms with Crippen molar-refractivity contribution in [2.75, 3.05) is 12.9 Å². The number of amides is 1. The molecule has 0 fully saturated rings. The molecule has 9 heteroatoms. The van der Waals surface area contributed by atoms with Crippen molar-refractivity contribution in [2.45, 2.75) is 37.5 Å². The molecular weight excluding hydrogens is 426 g/mol. The lowest BCUT2D eigenvalue weighted by Crippen LogP contribution is -2.28. The van der Waals surface area contributed by atoms with Crippen LogP contribution in [0.3, 0.4) is 0 Å². The minimum Gasteiger partial charge on any atom is -0.497 e. The van der Waals surface area contributed by atoms with Crippen molar-refractivity contribution in [1.82, 2.24) is 19.8 Å². The number of nitrogens with one attached hydrogen (secondary N) is 1. The summed E-state index contributed by atoms with van der Waals surface area (Å²) >= 11 is 1.24. The van der Waals surface area contributed by atoms with Crippen LogP contribution >= 0.6 is 11.8 Å². The number of thioether (sulfide) groups is 1. The average Bonchev–Trinajstić information content (AvgIpc) is 3.43. The molecule has 0 saturated carbocycles. The molecule has 1 unspecified atom stereocenters.